The van der Waals surface area contributed by atoms with Crippen molar-refractivity contribution in [2.45, 2.75) is 38.6 Å². The predicted octanol–water partition coefficient (Wildman–Crippen LogP) is 4.51. The Bertz CT molecular complexity index is 760. The van der Waals surface area contributed by atoms with Crippen LogP contribution in [0.4, 0.5) is 11.5 Å². The van der Waals surface area contributed by atoms with Gasteiger partial charge >= 0.3 is 0 Å². The van der Waals surface area contributed by atoms with Crippen LogP contribution in [0.5, 0.6) is 0 Å². The van der Waals surface area contributed by atoms with Crippen LogP contribution in [-0.4, -0.2) is 21.9 Å². The van der Waals surface area contributed by atoms with Gasteiger partial charge in [-0.05, 0) is 38.0 Å². The van der Waals surface area contributed by atoms with Crippen molar-refractivity contribution in [1.29, 1.82) is 0 Å². The predicted molar refractivity (Wildman–Crippen MR) is 96.2 cm³/mol. The van der Waals surface area contributed by atoms with Crippen LogP contribution in [0, 0.1) is 6.92 Å². The Labute approximate surface area is 150 Å². The summed E-state index contributed by atoms with van der Waals surface area (Å²) >= 11 is 12.1. The van der Waals surface area contributed by atoms with Crippen LogP contribution < -0.4 is 10.6 Å². The first-order valence-electron chi connectivity index (χ1n) is 7.90. The van der Waals surface area contributed by atoms with Crippen molar-refractivity contribution in [3.05, 3.63) is 45.8 Å². The van der Waals surface area contributed by atoms with Crippen molar-refractivity contribution in [1.82, 2.24) is 15.3 Å². The first kappa shape index (κ1) is 17.0. The minimum Gasteiger partial charge on any atom is -0.348 e. The monoisotopic (exact) mass is 364 g/mol. The fourth-order valence-electron chi connectivity index (χ4n) is 2.81. The quantitative estimate of drug-likeness (QED) is 0.837. The largest absolute Gasteiger partial charge is 0.348 e. The number of hydrogen-bond acceptors (Lipinski definition) is 4. The third kappa shape index (κ3) is 4.16. The molecule has 0 unspecified atom stereocenters. The molecule has 3 rings (SSSR count). The summed E-state index contributed by atoms with van der Waals surface area (Å²) in [6.07, 6.45) is 4.38. The maximum Gasteiger partial charge on any atom is 0.270 e. The number of anilines is 2. The summed E-state index contributed by atoms with van der Waals surface area (Å²) in [6.45, 7) is 1.75. The lowest BCUT2D eigenvalue weighted by Crippen LogP contribution is -2.33. The van der Waals surface area contributed by atoms with Gasteiger partial charge in [0.05, 0.1) is 10.7 Å². The molecular weight excluding hydrogens is 347 g/mol. The number of aromatic nitrogens is 2. The SMILES string of the molecule is Cc1nc(Nc2ccc(Cl)cc2Cl)cc(C(=O)NC2CCCC2)n1. The highest BCUT2D eigenvalue weighted by atomic mass is 35.5. The van der Waals surface area contributed by atoms with Gasteiger partial charge in [0.25, 0.3) is 5.91 Å². The maximum absolute atomic E-state index is 12.4. The van der Waals surface area contributed by atoms with E-state index in [1.165, 1.54) is 0 Å². The highest BCUT2D eigenvalue weighted by Gasteiger charge is 2.19. The maximum atomic E-state index is 12.4. The van der Waals surface area contributed by atoms with Crippen LogP contribution in [0.2, 0.25) is 10.0 Å². The molecular formula is C17H18Cl2N4O. The molecule has 1 saturated carbocycles. The summed E-state index contributed by atoms with van der Waals surface area (Å²) < 4.78 is 0. The lowest BCUT2D eigenvalue weighted by molar-refractivity contribution is 0.0932. The van der Waals surface area contributed by atoms with E-state index in [4.69, 9.17) is 23.2 Å². The number of nitrogens with one attached hydrogen (secondary N) is 2. The lowest BCUT2D eigenvalue weighted by atomic mass is 10.2. The number of carbonyl (C=O) groups is 1. The molecule has 1 heterocycles. The third-order valence-electron chi connectivity index (χ3n) is 3.95. The number of amides is 1. The summed E-state index contributed by atoms with van der Waals surface area (Å²) in [5.74, 6) is 0.864. The molecule has 1 aromatic heterocycles. The molecule has 1 aliphatic rings. The standard InChI is InChI=1S/C17H18Cl2N4O/c1-10-20-15(17(24)22-12-4-2-3-5-12)9-16(21-10)23-14-7-6-11(18)8-13(14)19/h6-9,12H,2-5H2,1H3,(H,22,24)(H,20,21,23). The van der Waals surface area contributed by atoms with Gasteiger partial charge in [-0.1, -0.05) is 36.0 Å². The first-order chi connectivity index (χ1) is 11.5. The first-order valence-corrected chi connectivity index (χ1v) is 8.65. The molecule has 0 saturated heterocycles. The highest BCUT2D eigenvalue weighted by molar-refractivity contribution is 6.36. The van der Waals surface area contributed by atoms with Crippen molar-refractivity contribution < 1.29 is 4.79 Å². The van der Waals surface area contributed by atoms with E-state index in [1.54, 1.807) is 31.2 Å². The molecule has 0 atom stereocenters. The number of hydrogen-bond donors (Lipinski definition) is 2. The van der Waals surface area contributed by atoms with Crippen LogP contribution in [0.1, 0.15) is 42.0 Å². The highest BCUT2D eigenvalue weighted by Crippen LogP contribution is 2.28. The second-order valence-corrected chi connectivity index (χ2v) is 6.73. The van der Waals surface area contributed by atoms with Crippen LogP contribution in [0.15, 0.2) is 24.3 Å². The van der Waals surface area contributed by atoms with Gasteiger partial charge in [-0.25, -0.2) is 9.97 Å². The molecule has 5 nitrogen and oxygen atoms in total. The van der Waals surface area contributed by atoms with E-state index in [-0.39, 0.29) is 11.9 Å². The topological polar surface area (TPSA) is 66.9 Å². The van der Waals surface area contributed by atoms with Gasteiger partial charge in [-0.2, -0.15) is 0 Å². The number of benzene rings is 1. The zero-order valence-corrected chi connectivity index (χ0v) is 14.8. The van der Waals surface area contributed by atoms with Gasteiger partial charge in [-0.3, -0.25) is 4.79 Å². The van der Waals surface area contributed by atoms with E-state index in [2.05, 4.69) is 20.6 Å². The fraction of sp³-hybridized carbons (Fsp3) is 0.353. The molecule has 0 aliphatic heterocycles. The van der Waals surface area contributed by atoms with E-state index >= 15 is 0 Å². The fourth-order valence-corrected chi connectivity index (χ4v) is 3.26. The summed E-state index contributed by atoms with van der Waals surface area (Å²) in [5.41, 5.74) is 1.02. The van der Waals surface area contributed by atoms with E-state index in [9.17, 15) is 4.79 Å². The van der Waals surface area contributed by atoms with Gasteiger partial charge < -0.3 is 10.6 Å². The van der Waals surface area contributed by atoms with Gasteiger partial charge in [-0.15, -0.1) is 0 Å². The van der Waals surface area contributed by atoms with Crippen molar-refractivity contribution in [2.24, 2.45) is 0 Å². The average molecular weight is 365 g/mol. The Hall–Kier alpha value is -1.85. The smallest absolute Gasteiger partial charge is 0.270 e. The van der Waals surface area contributed by atoms with Crippen molar-refractivity contribution in [3.8, 4) is 0 Å². The molecule has 1 fully saturated rings. The molecule has 0 radical (unpaired) electrons. The van der Waals surface area contributed by atoms with Gasteiger partial charge in [0.15, 0.2) is 0 Å². The van der Waals surface area contributed by atoms with E-state index < -0.39 is 0 Å². The molecule has 24 heavy (non-hydrogen) atoms. The van der Waals surface area contributed by atoms with Crippen LogP contribution in [0.3, 0.4) is 0 Å². The zero-order chi connectivity index (χ0) is 17.1. The Morgan fingerprint density at radius 3 is 2.62 bits per heavy atom. The van der Waals surface area contributed by atoms with E-state index in [0.29, 0.717) is 33.1 Å². The molecule has 1 amide bonds. The van der Waals surface area contributed by atoms with Gasteiger partial charge in [0, 0.05) is 17.1 Å². The molecule has 0 spiro atoms. The summed E-state index contributed by atoms with van der Waals surface area (Å²) in [5, 5.41) is 7.18. The molecule has 1 aromatic carbocycles. The van der Waals surface area contributed by atoms with E-state index in [1.807, 2.05) is 0 Å². The van der Waals surface area contributed by atoms with Crippen molar-refractivity contribution in [3.63, 3.8) is 0 Å². The normalized spacial score (nSPS) is 14.6. The molecule has 1 aliphatic carbocycles. The number of rotatable bonds is 4. The summed E-state index contributed by atoms with van der Waals surface area (Å²) in [4.78, 5) is 20.9. The number of halogens is 2. The minimum absolute atomic E-state index is 0.169. The Balaban J connectivity index is 1.79. The number of carbonyl (C=O) groups excluding carboxylic acids is 1. The number of aryl methyl sites for hydroxylation is 1. The zero-order valence-electron chi connectivity index (χ0n) is 13.3. The Morgan fingerprint density at radius 2 is 1.92 bits per heavy atom. The Morgan fingerprint density at radius 1 is 1.17 bits per heavy atom. The second kappa shape index (κ2) is 7.36. The Kier molecular flexibility index (Phi) is 5.21. The molecule has 2 aromatic rings. The van der Waals surface area contributed by atoms with Gasteiger partial charge in [0.1, 0.15) is 17.3 Å². The molecule has 126 valence electrons. The van der Waals surface area contributed by atoms with Crippen LogP contribution in [-0.2, 0) is 0 Å². The van der Waals surface area contributed by atoms with Crippen LogP contribution in [0.25, 0.3) is 0 Å². The van der Waals surface area contributed by atoms with E-state index in [0.717, 1.165) is 25.7 Å². The average Bonchev–Trinajstić information content (AvgIpc) is 3.02. The second-order valence-electron chi connectivity index (χ2n) is 5.89. The minimum atomic E-state index is -0.169. The summed E-state index contributed by atoms with van der Waals surface area (Å²) in [7, 11) is 0. The third-order valence-corrected chi connectivity index (χ3v) is 4.50. The summed E-state index contributed by atoms with van der Waals surface area (Å²) in [6, 6.07) is 7.02. The molecule has 7 heteroatoms. The number of nitrogens with zero attached hydrogens (tertiary/aromatic N) is 2. The van der Waals surface area contributed by atoms with Crippen LogP contribution >= 0.6 is 23.2 Å². The van der Waals surface area contributed by atoms with Crippen molar-refractivity contribution in [2.75, 3.05) is 5.32 Å². The van der Waals surface area contributed by atoms with Crippen molar-refractivity contribution >= 4 is 40.6 Å². The van der Waals surface area contributed by atoms with Gasteiger partial charge in [0.2, 0.25) is 0 Å². The molecule has 2 N–H and O–H groups in total. The lowest BCUT2D eigenvalue weighted by Gasteiger charge is -2.13. The molecule has 0 bridgehead atoms.